The summed E-state index contributed by atoms with van der Waals surface area (Å²) in [5.74, 6) is -0.707. The fourth-order valence-corrected chi connectivity index (χ4v) is 3.18. The van der Waals surface area contributed by atoms with E-state index < -0.39 is 5.97 Å². The first-order valence-electron chi connectivity index (χ1n) is 6.80. The summed E-state index contributed by atoms with van der Waals surface area (Å²) in [6.45, 7) is 8.27. The van der Waals surface area contributed by atoms with Gasteiger partial charge in [-0.1, -0.05) is 27.7 Å². The van der Waals surface area contributed by atoms with Crippen LogP contribution in [0.3, 0.4) is 0 Å². The molecule has 0 spiro atoms. The Morgan fingerprint density at radius 2 is 1.65 bits per heavy atom. The molecule has 0 heterocycles. The Morgan fingerprint density at radius 1 is 1.15 bits per heavy atom. The van der Waals surface area contributed by atoms with E-state index in [1.165, 1.54) is 13.2 Å². The molecule has 20 heavy (non-hydrogen) atoms. The summed E-state index contributed by atoms with van der Waals surface area (Å²) in [5.41, 5.74) is 1.13. The number of fused-ring (bicyclic) bond motifs is 1. The van der Waals surface area contributed by atoms with E-state index in [9.17, 15) is 15.0 Å². The lowest BCUT2D eigenvalue weighted by Crippen LogP contribution is -2.34. The summed E-state index contributed by atoms with van der Waals surface area (Å²) < 4.78 is 5.41. The molecule has 0 unspecified atom stereocenters. The molecule has 0 radical (unpaired) electrons. The van der Waals surface area contributed by atoms with E-state index in [1.54, 1.807) is 0 Å². The van der Waals surface area contributed by atoms with Gasteiger partial charge in [0.25, 0.3) is 0 Å². The van der Waals surface area contributed by atoms with Crippen molar-refractivity contribution in [1.29, 1.82) is 0 Å². The molecule has 4 heteroatoms. The predicted molar refractivity (Wildman–Crippen MR) is 76.9 cm³/mol. The zero-order valence-corrected chi connectivity index (χ0v) is 12.7. The molecule has 4 nitrogen and oxygen atoms in total. The molecule has 1 aromatic carbocycles. The Morgan fingerprint density at radius 3 is 2.10 bits per heavy atom. The summed E-state index contributed by atoms with van der Waals surface area (Å²) in [6, 6.07) is 1.43. The molecular formula is C16H22O4. The topological polar surface area (TPSA) is 66.8 Å². The minimum atomic E-state index is -1.14. The first-order valence-corrected chi connectivity index (χ1v) is 6.80. The number of aromatic carboxylic acids is 1. The van der Waals surface area contributed by atoms with Gasteiger partial charge in [-0.25, -0.2) is 4.79 Å². The summed E-state index contributed by atoms with van der Waals surface area (Å²) in [6.07, 6.45) is 1.86. The fraction of sp³-hybridized carbons (Fsp3) is 0.562. The van der Waals surface area contributed by atoms with Crippen molar-refractivity contribution in [3.63, 3.8) is 0 Å². The van der Waals surface area contributed by atoms with Crippen LogP contribution in [-0.2, 0) is 10.8 Å². The second-order valence-corrected chi connectivity index (χ2v) is 6.80. The number of hydrogen-bond acceptors (Lipinski definition) is 3. The summed E-state index contributed by atoms with van der Waals surface area (Å²) in [5, 5.41) is 19.7. The normalized spacial score (nSPS) is 19.2. The third-order valence-corrected chi connectivity index (χ3v) is 4.44. The number of carbonyl (C=O) groups is 1. The highest BCUT2D eigenvalue weighted by molar-refractivity contribution is 5.92. The predicted octanol–water partition coefficient (Wildman–Crippen LogP) is 3.45. The van der Waals surface area contributed by atoms with Gasteiger partial charge >= 0.3 is 5.97 Å². The van der Waals surface area contributed by atoms with Crippen LogP contribution in [0.15, 0.2) is 6.07 Å². The monoisotopic (exact) mass is 278 g/mol. The Kier molecular flexibility index (Phi) is 3.23. The molecule has 1 aliphatic carbocycles. The van der Waals surface area contributed by atoms with Crippen LogP contribution in [0.4, 0.5) is 0 Å². The number of hydrogen-bond donors (Lipinski definition) is 2. The smallest absolute Gasteiger partial charge is 0.339 e. The van der Waals surface area contributed by atoms with Crippen LogP contribution < -0.4 is 4.74 Å². The van der Waals surface area contributed by atoms with Gasteiger partial charge in [-0.15, -0.1) is 0 Å². The van der Waals surface area contributed by atoms with Gasteiger partial charge in [0.2, 0.25) is 0 Å². The maximum absolute atomic E-state index is 11.3. The molecule has 0 saturated carbocycles. The number of methoxy groups -OCH3 is 1. The molecule has 0 bridgehead atoms. The second kappa shape index (κ2) is 4.40. The van der Waals surface area contributed by atoms with Crippen LogP contribution in [0, 0.1) is 0 Å². The Labute approximate surface area is 119 Å². The van der Waals surface area contributed by atoms with E-state index in [4.69, 9.17) is 4.74 Å². The third kappa shape index (κ3) is 2.03. The van der Waals surface area contributed by atoms with Crippen LogP contribution in [0.5, 0.6) is 11.5 Å². The minimum absolute atomic E-state index is 0.0913. The SMILES string of the molecule is COc1cc(C(=O)O)c(O)c2c1C(C)(C)CCC2(C)C. The number of rotatable bonds is 2. The van der Waals surface area contributed by atoms with Gasteiger partial charge in [-0.05, 0) is 29.7 Å². The van der Waals surface area contributed by atoms with E-state index in [1.807, 2.05) is 13.8 Å². The van der Waals surface area contributed by atoms with E-state index >= 15 is 0 Å². The average molecular weight is 278 g/mol. The molecule has 0 aliphatic heterocycles. The van der Waals surface area contributed by atoms with Crippen LogP contribution in [0.2, 0.25) is 0 Å². The number of aromatic hydroxyl groups is 1. The number of phenols is 1. The second-order valence-electron chi connectivity index (χ2n) is 6.80. The number of carboxylic acid groups (broad SMARTS) is 1. The Hall–Kier alpha value is -1.71. The summed E-state index contributed by atoms with van der Waals surface area (Å²) in [7, 11) is 1.54. The molecule has 0 amide bonds. The van der Waals surface area contributed by atoms with E-state index in [2.05, 4.69) is 13.8 Å². The number of benzene rings is 1. The number of ether oxygens (including phenoxy) is 1. The molecule has 0 fully saturated rings. The van der Waals surface area contributed by atoms with Gasteiger partial charge in [-0.2, -0.15) is 0 Å². The van der Waals surface area contributed by atoms with Crippen LogP contribution in [-0.4, -0.2) is 23.3 Å². The van der Waals surface area contributed by atoms with Gasteiger partial charge in [0.1, 0.15) is 17.1 Å². The number of carboxylic acids is 1. The summed E-state index contributed by atoms with van der Waals surface area (Å²) in [4.78, 5) is 11.3. The first-order chi connectivity index (χ1) is 9.12. The standard InChI is InChI=1S/C16H22O4/c1-15(2)6-7-16(3,4)12-11(15)10(20-5)8-9(13(12)17)14(18)19/h8,17H,6-7H2,1-5H3,(H,18,19). The van der Waals surface area contributed by atoms with Gasteiger partial charge < -0.3 is 14.9 Å². The molecule has 0 atom stereocenters. The molecular weight excluding hydrogens is 256 g/mol. The highest BCUT2D eigenvalue weighted by Crippen LogP contribution is 2.53. The molecule has 2 rings (SSSR count). The highest BCUT2D eigenvalue weighted by atomic mass is 16.5. The van der Waals surface area contributed by atoms with Crippen molar-refractivity contribution in [2.45, 2.75) is 51.4 Å². The average Bonchev–Trinajstić information content (AvgIpc) is 2.34. The van der Waals surface area contributed by atoms with Gasteiger partial charge in [0.15, 0.2) is 0 Å². The molecule has 0 aromatic heterocycles. The fourth-order valence-electron chi connectivity index (χ4n) is 3.18. The van der Waals surface area contributed by atoms with Gasteiger partial charge in [0.05, 0.1) is 7.11 Å². The summed E-state index contributed by atoms with van der Waals surface area (Å²) >= 11 is 0. The highest BCUT2D eigenvalue weighted by Gasteiger charge is 2.42. The van der Waals surface area contributed by atoms with Crippen molar-refractivity contribution >= 4 is 5.97 Å². The quantitative estimate of drug-likeness (QED) is 0.869. The lowest BCUT2D eigenvalue weighted by Gasteiger charge is -2.43. The van der Waals surface area contributed by atoms with Crippen LogP contribution >= 0.6 is 0 Å². The van der Waals surface area contributed by atoms with Crippen molar-refractivity contribution in [3.8, 4) is 11.5 Å². The Balaban J connectivity index is 2.90. The zero-order valence-electron chi connectivity index (χ0n) is 12.7. The maximum Gasteiger partial charge on any atom is 0.339 e. The zero-order chi connectivity index (χ0) is 15.3. The van der Waals surface area contributed by atoms with E-state index in [0.29, 0.717) is 11.3 Å². The van der Waals surface area contributed by atoms with Gasteiger partial charge in [0, 0.05) is 11.1 Å². The molecule has 110 valence electrons. The van der Waals surface area contributed by atoms with E-state index in [-0.39, 0.29) is 22.1 Å². The molecule has 2 N–H and O–H groups in total. The Bertz CT molecular complexity index is 570. The third-order valence-electron chi connectivity index (χ3n) is 4.44. The minimum Gasteiger partial charge on any atom is -0.507 e. The van der Waals surface area contributed by atoms with Crippen molar-refractivity contribution in [2.75, 3.05) is 7.11 Å². The lowest BCUT2D eigenvalue weighted by molar-refractivity contribution is 0.0692. The van der Waals surface area contributed by atoms with Crippen LogP contribution in [0.1, 0.15) is 62.0 Å². The largest absolute Gasteiger partial charge is 0.507 e. The molecule has 1 aromatic rings. The maximum atomic E-state index is 11.3. The first kappa shape index (κ1) is 14.7. The van der Waals surface area contributed by atoms with Crippen LogP contribution in [0.25, 0.3) is 0 Å². The van der Waals surface area contributed by atoms with E-state index in [0.717, 1.165) is 18.4 Å². The van der Waals surface area contributed by atoms with Crippen molar-refractivity contribution in [2.24, 2.45) is 0 Å². The van der Waals surface area contributed by atoms with Crippen molar-refractivity contribution in [1.82, 2.24) is 0 Å². The van der Waals surface area contributed by atoms with Crippen molar-refractivity contribution in [3.05, 3.63) is 22.8 Å². The van der Waals surface area contributed by atoms with Crippen molar-refractivity contribution < 1.29 is 19.7 Å². The lowest BCUT2D eigenvalue weighted by atomic mass is 9.62. The van der Waals surface area contributed by atoms with Gasteiger partial charge in [-0.3, -0.25) is 0 Å². The molecule has 0 saturated heterocycles. The molecule has 1 aliphatic rings.